The second kappa shape index (κ2) is 10.3. The second-order valence-electron chi connectivity index (χ2n) is 6.23. The number of hydrazone groups is 1. The van der Waals surface area contributed by atoms with Crippen LogP contribution in [-0.4, -0.2) is 32.3 Å². The summed E-state index contributed by atoms with van der Waals surface area (Å²) in [5.74, 6) is 0.337. The van der Waals surface area contributed by atoms with Gasteiger partial charge in [-0.25, -0.2) is 10.2 Å². The SMILES string of the molecule is COc1ccc(C(=O)Oc2ccc(/C=N/NC(=O)c3ccc(Cl)cc3)cc2OC)cc1. The lowest BCUT2D eigenvalue weighted by molar-refractivity contribution is 0.0729. The van der Waals surface area contributed by atoms with Gasteiger partial charge in [-0.3, -0.25) is 4.79 Å². The summed E-state index contributed by atoms with van der Waals surface area (Å²) in [4.78, 5) is 24.4. The van der Waals surface area contributed by atoms with Gasteiger partial charge in [0.15, 0.2) is 11.5 Å². The van der Waals surface area contributed by atoms with Gasteiger partial charge in [-0.1, -0.05) is 11.6 Å². The maximum atomic E-state index is 12.4. The molecule has 0 radical (unpaired) electrons. The van der Waals surface area contributed by atoms with Crippen LogP contribution >= 0.6 is 11.6 Å². The average molecular weight is 439 g/mol. The number of hydrogen-bond acceptors (Lipinski definition) is 6. The zero-order valence-corrected chi connectivity index (χ0v) is 17.6. The van der Waals surface area contributed by atoms with E-state index in [0.29, 0.717) is 33.2 Å². The van der Waals surface area contributed by atoms with Gasteiger partial charge in [0.05, 0.1) is 26.0 Å². The molecule has 0 fully saturated rings. The van der Waals surface area contributed by atoms with E-state index in [1.165, 1.54) is 13.3 Å². The van der Waals surface area contributed by atoms with Crippen LogP contribution in [0.3, 0.4) is 0 Å². The van der Waals surface area contributed by atoms with Gasteiger partial charge in [-0.2, -0.15) is 5.10 Å². The van der Waals surface area contributed by atoms with Crippen LogP contribution < -0.4 is 19.6 Å². The van der Waals surface area contributed by atoms with Crippen LogP contribution in [0.15, 0.2) is 71.8 Å². The first-order valence-corrected chi connectivity index (χ1v) is 9.51. The van der Waals surface area contributed by atoms with Crippen LogP contribution in [0.4, 0.5) is 0 Å². The molecule has 0 aliphatic heterocycles. The highest BCUT2D eigenvalue weighted by Crippen LogP contribution is 2.28. The molecule has 0 unspecified atom stereocenters. The third kappa shape index (κ3) is 5.83. The number of nitrogens with one attached hydrogen (secondary N) is 1. The summed E-state index contributed by atoms with van der Waals surface area (Å²) in [7, 11) is 3.01. The molecular weight excluding hydrogens is 420 g/mol. The maximum absolute atomic E-state index is 12.4. The van der Waals surface area contributed by atoms with Crippen molar-refractivity contribution in [1.82, 2.24) is 5.43 Å². The average Bonchev–Trinajstić information content (AvgIpc) is 2.80. The number of carbonyl (C=O) groups is 2. The third-order valence-corrected chi connectivity index (χ3v) is 4.45. The second-order valence-corrected chi connectivity index (χ2v) is 6.67. The molecular formula is C23H19ClN2O5. The molecule has 3 rings (SSSR count). The van der Waals surface area contributed by atoms with Gasteiger partial charge in [0.1, 0.15) is 5.75 Å². The molecule has 8 heteroatoms. The number of halogens is 1. The summed E-state index contributed by atoms with van der Waals surface area (Å²) in [5, 5.41) is 4.48. The van der Waals surface area contributed by atoms with Gasteiger partial charge in [0, 0.05) is 10.6 Å². The minimum absolute atomic E-state index is 0.255. The first kappa shape index (κ1) is 21.9. The van der Waals surface area contributed by atoms with Gasteiger partial charge in [0.25, 0.3) is 5.91 Å². The highest BCUT2D eigenvalue weighted by atomic mass is 35.5. The van der Waals surface area contributed by atoms with E-state index in [0.717, 1.165) is 0 Å². The summed E-state index contributed by atoms with van der Waals surface area (Å²) in [6, 6.07) is 17.9. The fraction of sp³-hybridized carbons (Fsp3) is 0.0870. The third-order valence-electron chi connectivity index (χ3n) is 4.20. The van der Waals surface area contributed by atoms with Crippen LogP contribution in [0.2, 0.25) is 5.02 Å². The minimum Gasteiger partial charge on any atom is -0.497 e. The molecule has 31 heavy (non-hydrogen) atoms. The molecule has 3 aromatic carbocycles. The Morgan fingerprint density at radius 2 is 1.55 bits per heavy atom. The van der Waals surface area contributed by atoms with Crippen LogP contribution in [0.25, 0.3) is 0 Å². The molecule has 0 aliphatic rings. The molecule has 3 aromatic rings. The zero-order chi connectivity index (χ0) is 22.2. The molecule has 1 amide bonds. The van der Waals surface area contributed by atoms with Crippen molar-refractivity contribution >= 4 is 29.7 Å². The topological polar surface area (TPSA) is 86.2 Å². The van der Waals surface area contributed by atoms with Crippen molar-refractivity contribution in [2.45, 2.75) is 0 Å². The number of methoxy groups -OCH3 is 2. The number of hydrogen-bond donors (Lipinski definition) is 1. The van der Waals surface area contributed by atoms with Gasteiger partial charge < -0.3 is 14.2 Å². The van der Waals surface area contributed by atoms with Crippen LogP contribution in [0.5, 0.6) is 17.2 Å². The van der Waals surface area contributed by atoms with Crippen LogP contribution in [-0.2, 0) is 0 Å². The van der Waals surface area contributed by atoms with Crippen LogP contribution in [0, 0.1) is 0 Å². The summed E-state index contributed by atoms with van der Waals surface area (Å²) < 4.78 is 15.8. The highest BCUT2D eigenvalue weighted by molar-refractivity contribution is 6.30. The Hall–Kier alpha value is -3.84. The summed E-state index contributed by atoms with van der Waals surface area (Å²) in [6.07, 6.45) is 1.45. The number of esters is 1. The Balaban J connectivity index is 1.66. The number of carbonyl (C=O) groups excluding carboxylic acids is 2. The van der Waals surface area contributed by atoms with Crippen molar-refractivity contribution in [1.29, 1.82) is 0 Å². The number of ether oxygens (including phenoxy) is 3. The molecule has 0 aliphatic carbocycles. The zero-order valence-electron chi connectivity index (χ0n) is 16.8. The Kier molecular flexibility index (Phi) is 7.24. The number of nitrogens with zero attached hydrogens (tertiary/aromatic N) is 1. The van der Waals surface area contributed by atoms with Crippen molar-refractivity contribution in [2.75, 3.05) is 14.2 Å². The van der Waals surface area contributed by atoms with E-state index in [1.807, 2.05) is 0 Å². The van der Waals surface area contributed by atoms with Gasteiger partial charge >= 0.3 is 5.97 Å². The lowest BCUT2D eigenvalue weighted by Gasteiger charge is -2.10. The Labute approximate surface area is 184 Å². The van der Waals surface area contributed by atoms with Crippen LogP contribution in [0.1, 0.15) is 26.3 Å². The molecule has 0 atom stereocenters. The van der Waals surface area contributed by atoms with E-state index < -0.39 is 5.97 Å². The van der Waals surface area contributed by atoms with E-state index in [2.05, 4.69) is 10.5 Å². The molecule has 158 valence electrons. The van der Waals surface area contributed by atoms with Crippen molar-refractivity contribution in [3.63, 3.8) is 0 Å². The van der Waals surface area contributed by atoms with E-state index >= 15 is 0 Å². The molecule has 0 saturated heterocycles. The fourth-order valence-corrected chi connectivity index (χ4v) is 2.69. The Morgan fingerprint density at radius 3 is 2.19 bits per heavy atom. The summed E-state index contributed by atoms with van der Waals surface area (Å²) >= 11 is 5.81. The quantitative estimate of drug-likeness (QED) is 0.256. The maximum Gasteiger partial charge on any atom is 0.343 e. The lowest BCUT2D eigenvalue weighted by Crippen LogP contribution is -2.17. The largest absolute Gasteiger partial charge is 0.497 e. The Bertz CT molecular complexity index is 1100. The normalized spacial score (nSPS) is 10.5. The van der Waals surface area contributed by atoms with Gasteiger partial charge in [-0.05, 0) is 72.3 Å². The van der Waals surface area contributed by atoms with Crippen molar-refractivity contribution in [3.05, 3.63) is 88.4 Å². The number of amides is 1. The highest BCUT2D eigenvalue weighted by Gasteiger charge is 2.13. The van der Waals surface area contributed by atoms with Gasteiger partial charge in [0.2, 0.25) is 0 Å². The standard InChI is InChI=1S/C23H19ClN2O5/c1-29-19-10-6-17(7-11-19)23(28)31-20-12-3-15(13-21(20)30-2)14-25-26-22(27)16-4-8-18(24)9-5-16/h3-14H,1-2H3,(H,26,27)/b25-14+. The molecule has 7 nitrogen and oxygen atoms in total. The van der Waals surface area contributed by atoms with E-state index in [4.69, 9.17) is 25.8 Å². The molecule has 0 aromatic heterocycles. The number of rotatable bonds is 7. The Morgan fingerprint density at radius 1 is 0.871 bits per heavy atom. The molecule has 0 spiro atoms. The predicted molar refractivity (Wildman–Crippen MR) is 117 cm³/mol. The minimum atomic E-state index is -0.530. The van der Waals surface area contributed by atoms with Crippen molar-refractivity contribution in [2.24, 2.45) is 5.10 Å². The van der Waals surface area contributed by atoms with E-state index in [-0.39, 0.29) is 11.7 Å². The smallest absolute Gasteiger partial charge is 0.343 e. The van der Waals surface area contributed by atoms with Crippen molar-refractivity contribution < 1.29 is 23.8 Å². The summed E-state index contributed by atoms with van der Waals surface area (Å²) in [6.45, 7) is 0. The number of benzene rings is 3. The van der Waals surface area contributed by atoms with E-state index in [9.17, 15) is 9.59 Å². The summed E-state index contributed by atoms with van der Waals surface area (Å²) in [5.41, 5.74) is 3.87. The first-order valence-electron chi connectivity index (χ1n) is 9.13. The molecule has 1 N–H and O–H groups in total. The first-order chi connectivity index (χ1) is 15.0. The predicted octanol–water partition coefficient (Wildman–Crippen LogP) is 4.34. The van der Waals surface area contributed by atoms with E-state index in [1.54, 1.807) is 73.8 Å². The monoisotopic (exact) mass is 438 g/mol. The van der Waals surface area contributed by atoms with Crippen molar-refractivity contribution in [3.8, 4) is 17.2 Å². The lowest BCUT2D eigenvalue weighted by atomic mass is 10.2. The molecule has 0 saturated carbocycles. The molecule has 0 heterocycles. The molecule has 0 bridgehead atoms. The fourth-order valence-electron chi connectivity index (χ4n) is 2.57. The van der Waals surface area contributed by atoms with Gasteiger partial charge in [-0.15, -0.1) is 0 Å².